The van der Waals surface area contributed by atoms with Gasteiger partial charge in [0.2, 0.25) is 5.96 Å². The van der Waals surface area contributed by atoms with E-state index in [1.807, 2.05) is 49.1 Å². The van der Waals surface area contributed by atoms with E-state index in [9.17, 15) is 17.1 Å². The molecule has 0 unspecified atom stereocenters. The quantitative estimate of drug-likeness (QED) is 0.616. The summed E-state index contributed by atoms with van der Waals surface area (Å²) in [6, 6.07) is 12.0. The molecule has 7 nitrogen and oxygen atoms in total. The highest BCUT2D eigenvalue weighted by molar-refractivity contribution is 7.86. The minimum Gasteiger partial charge on any atom is -0.384 e. The van der Waals surface area contributed by atoms with Crippen LogP contribution in [0.15, 0.2) is 64.2 Å². The number of aryl methyl sites for hydroxylation is 2. The van der Waals surface area contributed by atoms with E-state index >= 15 is 0 Å². The largest absolute Gasteiger partial charge is 0.384 e. The Labute approximate surface area is 187 Å². The van der Waals surface area contributed by atoms with Gasteiger partial charge in [0.05, 0.1) is 5.54 Å². The lowest BCUT2D eigenvalue weighted by Gasteiger charge is -2.39. The molecular weight excluding hydrogens is 431 g/mol. The van der Waals surface area contributed by atoms with Crippen LogP contribution in [0.4, 0.5) is 9.57 Å². The minimum absolute atomic E-state index is 0.0125. The molecule has 0 saturated heterocycles. The van der Waals surface area contributed by atoms with Crippen molar-refractivity contribution in [1.82, 2.24) is 0 Å². The number of hydrogen-bond acceptors (Lipinski definition) is 7. The van der Waals surface area contributed by atoms with Gasteiger partial charge < -0.3 is 16.4 Å². The molecule has 1 aliphatic rings. The number of carbonyl (C=O) groups excluding carboxylic acids is 1. The number of nitrogens with zero attached hydrogens (tertiary/aromatic N) is 2. The first-order chi connectivity index (χ1) is 14.9. The highest BCUT2D eigenvalue weighted by atomic mass is 32.3. The summed E-state index contributed by atoms with van der Waals surface area (Å²) in [6.45, 7) is 5.49. The van der Waals surface area contributed by atoms with Gasteiger partial charge in [-0.15, -0.1) is 3.89 Å². The zero-order chi connectivity index (χ0) is 23.7. The zero-order valence-electron chi connectivity index (χ0n) is 18.3. The van der Waals surface area contributed by atoms with Crippen molar-refractivity contribution in [1.29, 1.82) is 0 Å². The maximum Gasteiger partial charge on any atom is 0.332 e. The van der Waals surface area contributed by atoms with Crippen molar-refractivity contribution in [2.24, 2.45) is 16.5 Å². The van der Waals surface area contributed by atoms with Crippen molar-refractivity contribution < 1.29 is 17.1 Å². The Balaban J connectivity index is 1.62. The molecule has 0 amide bonds. The van der Waals surface area contributed by atoms with Crippen LogP contribution in [0.3, 0.4) is 0 Å². The van der Waals surface area contributed by atoms with E-state index in [1.165, 1.54) is 25.1 Å². The number of nitrogens with two attached hydrogens (primary N) is 2. The molecule has 0 aliphatic carbocycles. The van der Waals surface area contributed by atoms with Crippen LogP contribution in [0.1, 0.15) is 37.0 Å². The molecule has 0 radical (unpaired) electrons. The monoisotopic (exact) mass is 458 g/mol. The number of aliphatic imine (C=N–C) groups is 1. The van der Waals surface area contributed by atoms with E-state index in [0.29, 0.717) is 30.2 Å². The van der Waals surface area contributed by atoms with E-state index in [-0.39, 0.29) is 22.7 Å². The molecule has 0 bridgehead atoms. The van der Waals surface area contributed by atoms with Gasteiger partial charge in [0.1, 0.15) is 16.5 Å². The van der Waals surface area contributed by atoms with Crippen LogP contribution in [0.25, 0.3) is 0 Å². The molecule has 1 heterocycles. The van der Waals surface area contributed by atoms with Gasteiger partial charge in [-0.25, -0.2) is 0 Å². The molecule has 9 heteroatoms. The number of guanidine groups is 1. The van der Waals surface area contributed by atoms with Gasteiger partial charge in [-0.2, -0.15) is 13.4 Å². The fraction of sp³-hybridized carbons (Fsp3) is 0.304. The lowest BCUT2D eigenvalue weighted by molar-refractivity contribution is -0.118. The van der Waals surface area contributed by atoms with E-state index in [1.54, 1.807) is 0 Å². The molecule has 0 spiro atoms. The third-order valence-corrected chi connectivity index (χ3v) is 6.32. The molecule has 3 rings (SSSR count). The van der Waals surface area contributed by atoms with E-state index in [4.69, 9.17) is 11.5 Å². The van der Waals surface area contributed by atoms with Crippen LogP contribution in [0.5, 0.6) is 0 Å². The highest BCUT2D eigenvalue weighted by Gasteiger charge is 2.31. The first-order valence-corrected chi connectivity index (χ1v) is 11.5. The molecule has 0 fully saturated rings. The van der Waals surface area contributed by atoms with Crippen molar-refractivity contribution in [3.63, 3.8) is 0 Å². The number of rotatable bonds is 7. The topological polar surface area (TPSA) is 119 Å². The lowest BCUT2D eigenvalue weighted by Crippen LogP contribution is -2.53. The Kier molecular flexibility index (Phi) is 6.41. The fourth-order valence-electron chi connectivity index (χ4n) is 3.91. The van der Waals surface area contributed by atoms with Gasteiger partial charge in [-0.1, -0.05) is 24.3 Å². The predicted octanol–water partition coefficient (Wildman–Crippen LogP) is 3.11. The number of halogens is 1. The molecule has 0 saturated carbocycles. The second-order valence-corrected chi connectivity index (χ2v) is 9.76. The Morgan fingerprint density at radius 1 is 1.09 bits per heavy atom. The molecule has 4 N–H and O–H groups in total. The third kappa shape index (κ3) is 5.34. The summed E-state index contributed by atoms with van der Waals surface area (Å²) in [5, 5.41) is 0. The SMILES string of the molecule is Cc1cc(CC(=O)CCc2ccc(N3C(N)=NC(N)=CC3(C)C)cc2)ccc1S(=O)(=O)F. The summed E-state index contributed by atoms with van der Waals surface area (Å²) in [7, 11) is -4.76. The average Bonchev–Trinajstić information content (AvgIpc) is 2.65. The Morgan fingerprint density at radius 2 is 1.72 bits per heavy atom. The Hall–Kier alpha value is -3.20. The summed E-state index contributed by atoms with van der Waals surface area (Å²) >= 11 is 0. The number of ketones is 1. The van der Waals surface area contributed by atoms with Crippen molar-refractivity contribution in [2.45, 2.75) is 50.5 Å². The molecule has 0 aromatic heterocycles. The molecule has 2 aromatic rings. The van der Waals surface area contributed by atoms with Gasteiger partial charge in [-0.3, -0.25) is 4.79 Å². The van der Waals surface area contributed by atoms with Crippen molar-refractivity contribution >= 4 is 27.7 Å². The Bertz CT molecular complexity index is 1200. The standard InChI is InChI=1S/C23H27FN4O3S/c1-15-12-17(7-11-20(15)32(24,30)31)13-19(29)10-6-16-4-8-18(9-5-16)28-22(26)27-21(25)14-23(28,2)3/h4-5,7-9,11-12,14H,6,10,13,25H2,1-3H3,(H2,26,27). The second-order valence-electron chi connectivity index (χ2n) is 8.45. The minimum atomic E-state index is -4.76. The number of anilines is 1. The molecule has 170 valence electrons. The average molecular weight is 459 g/mol. The third-order valence-electron chi connectivity index (χ3n) is 5.34. The van der Waals surface area contributed by atoms with Crippen LogP contribution >= 0.6 is 0 Å². The van der Waals surface area contributed by atoms with Gasteiger partial charge >= 0.3 is 10.2 Å². The molecule has 0 atom stereocenters. The maximum absolute atomic E-state index is 13.2. The van der Waals surface area contributed by atoms with Crippen molar-refractivity contribution in [2.75, 3.05) is 4.90 Å². The van der Waals surface area contributed by atoms with Gasteiger partial charge in [0.15, 0.2) is 0 Å². The maximum atomic E-state index is 13.2. The lowest BCUT2D eigenvalue weighted by atomic mass is 9.98. The normalized spacial score (nSPS) is 15.8. The van der Waals surface area contributed by atoms with Crippen molar-refractivity contribution in [3.8, 4) is 0 Å². The van der Waals surface area contributed by atoms with Gasteiger partial charge in [0, 0.05) is 18.5 Å². The summed E-state index contributed by atoms with van der Waals surface area (Å²) in [4.78, 5) is 18.1. The zero-order valence-corrected chi connectivity index (χ0v) is 19.1. The van der Waals surface area contributed by atoms with Gasteiger partial charge in [-0.05, 0) is 68.2 Å². The predicted molar refractivity (Wildman–Crippen MR) is 123 cm³/mol. The molecule has 1 aliphatic heterocycles. The summed E-state index contributed by atoms with van der Waals surface area (Å²) < 4.78 is 35.4. The number of carbonyl (C=O) groups is 1. The summed E-state index contributed by atoms with van der Waals surface area (Å²) in [5.41, 5.74) is 14.3. The van der Waals surface area contributed by atoms with Crippen LogP contribution in [-0.2, 0) is 27.9 Å². The van der Waals surface area contributed by atoms with E-state index < -0.39 is 15.8 Å². The molecular formula is C23H27FN4O3S. The van der Waals surface area contributed by atoms with E-state index in [0.717, 1.165) is 11.3 Å². The molecule has 32 heavy (non-hydrogen) atoms. The van der Waals surface area contributed by atoms with Crippen LogP contribution in [0.2, 0.25) is 0 Å². The van der Waals surface area contributed by atoms with Crippen LogP contribution in [0, 0.1) is 6.92 Å². The van der Waals surface area contributed by atoms with E-state index in [2.05, 4.69) is 4.99 Å². The van der Waals surface area contributed by atoms with Crippen LogP contribution < -0.4 is 16.4 Å². The second kappa shape index (κ2) is 8.74. The Morgan fingerprint density at radius 3 is 2.28 bits per heavy atom. The van der Waals surface area contributed by atoms with Gasteiger partial charge in [0.25, 0.3) is 0 Å². The molecule has 2 aromatic carbocycles. The first kappa shape index (κ1) is 23.5. The first-order valence-electron chi connectivity index (χ1n) is 10.1. The van der Waals surface area contributed by atoms with Crippen molar-refractivity contribution in [3.05, 3.63) is 71.1 Å². The summed E-state index contributed by atoms with van der Waals surface area (Å²) in [5.74, 6) is 0.716. The van der Waals surface area contributed by atoms with Crippen LogP contribution in [-0.4, -0.2) is 25.7 Å². The smallest absolute Gasteiger partial charge is 0.332 e. The number of hydrogen-bond donors (Lipinski definition) is 2. The highest BCUT2D eigenvalue weighted by Crippen LogP contribution is 2.29. The summed E-state index contributed by atoms with van der Waals surface area (Å²) in [6.07, 6.45) is 2.90. The number of Topliss-reactive ketones (excluding diaryl/α,β-unsaturated/α-hetero) is 1. The number of benzene rings is 2. The fourth-order valence-corrected chi connectivity index (χ4v) is 4.58.